The van der Waals surface area contributed by atoms with Crippen LogP contribution in [-0.2, 0) is 19.1 Å². The van der Waals surface area contributed by atoms with Crippen molar-refractivity contribution < 1.29 is 24.0 Å². The van der Waals surface area contributed by atoms with Gasteiger partial charge in [0, 0.05) is 29.5 Å². The molecule has 188 valence electrons. The minimum Gasteiger partial charge on any atom is -0.462 e. The third-order valence-corrected chi connectivity index (χ3v) is 5.75. The number of esters is 2. The summed E-state index contributed by atoms with van der Waals surface area (Å²) in [4.78, 5) is 42.0. The summed E-state index contributed by atoms with van der Waals surface area (Å²) in [7, 11) is 0. The Bertz CT molecular complexity index is 1230. The molecular formula is C28H30N2O6. The minimum atomic E-state index is -0.934. The third kappa shape index (κ3) is 6.33. The summed E-state index contributed by atoms with van der Waals surface area (Å²) >= 11 is 0. The van der Waals surface area contributed by atoms with E-state index in [4.69, 9.17) is 9.47 Å². The van der Waals surface area contributed by atoms with Crippen LogP contribution in [0.4, 0.5) is 5.69 Å². The molecule has 0 spiro atoms. The highest BCUT2D eigenvalue weighted by Crippen LogP contribution is 2.41. The molecule has 0 saturated carbocycles. The molecule has 0 radical (unpaired) electrons. The smallest absolute Gasteiger partial charge is 0.337 e. The molecule has 0 amide bonds. The first-order chi connectivity index (χ1) is 17.1. The van der Waals surface area contributed by atoms with Crippen molar-refractivity contribution in [2.75, 3.05) is 0 Å². The molecule has 36 heavy (non-hydrogen) atoms. The van der Waals surface area contributed by atoms with Gasteiger partial charge in [-0.05, 0) is 51.8 Å². The molecule has 2 aromatic rings. The summed E-state index contributed by atoms with van der Waals surface area (Å²) in [6.07, 6.45) is 2.65. The predicted octanol–water partition coefficient (Wildman–Crippen LogP) is 5.64. The fourth-order valence-corrected chi connectivity index (χ4v) is 4.19. The van der Waals surface area contributed by atoms with E-state index in [2.05, 4.69) is 4.99 Å². The topological polar surface area (TPSA) is 108 Å². The Labute approximate surface area is 210 Å². The highest BCUT2D eigenvalue weighted by molar-refractivity contribution is 6.07. The number of benzene rings is 2. The lowest BCUT2D eigenvalue weighted by molar-refractivity contribution is -0.384. The van der Waals surface area contributed by atoms with Gasteiger partial charge in [-0.1, -0.05) is 48.5 Å². The molecule has 1 aliphatic heterocycles. The van der Waals surface area contributed by atoms with E-state index in [1.165, 1.54) is 18.2 Å². The van der Waals surface area contributed by atoms with E-state index >= 15 is 0 Å². The molecule has 0 bridgehead atoms. The Kier molecular flexibility index (Phi) is 8.53. The first-order valence-corrected chi connectivity index (χ1v) is 11.7. The van der Waals surface area contributed by atoms with Gasteiger partial charge < -0.3 is 9.47 Å². The number of hydrogen-bond acceptors (Lipinski definition) is 7. The molecular weight excluding hydrogens is 460 g/mol. The lowest BCUT2D eigenvalue weighted by Crippen LogP contribution is -2.37. The monoisotopic (exact) mass is 490 g/mol. The molecule has 8 heteroatoms. The van der Waals surface area contributed by atoms with Gasteiger partial charge in [0.15, 0.2) is 0 Å². The maximum Gasteiger partial charge on any atom is 0.337 e. The molecule has 1 heterocycles. The van der Waals surface area contributed by atoms with E-state index in [9.17, 15) is 19.7 Å². The summed E-state index contributed by atoms with van der Waals surface area (Å²) in [5, 5.41) is 11.5. The molecule has 3 unspecified atom stereocenters. The number of ether oxygens (including phenoxy) is 2. The number of non-ortho nitro benzene ring substituents is 1. The fraction of sp³-hybridized carbons (Fsp3) is 0.321. The van der Waals surface area contributed by atoms with Crippen LogP contribution in [0.5, 0.6) is 0 Å². The summed E-state index contributed by atoms with van der Waals surface area (Å²) in [5.74, 6) is -2.99. The number of rotatable bonds is 8. The number of carbonyl (C=O) groups is 2. The number of carbonyl (C=O) groups excluding carboxylic acids is 2. The average molecular weight is 491 g/mol. The number of allylic oxidation sites excluding steroid dienone is 1. The van der Waals surface area contributed by atoms with Gasteiger partial charge in [-0.2, -0.15) is 0 Å². The molecule has 0 aromatic heterocycles. The Morgan fingerprint density at radius 1 is 1.03 bits per heavy atom. The Morgan fingerprint density at radius 2 is 1.72 bits per heavy atom. The number of nitrogens with zero attached hydrogens (tertiary/aromatic N) is 2. The lowest BCUT2D eigenvalue weighted by atomic mass is 9.75. The largest absolute Gasteiger partial charge is 0.462 e. The van der Waals surface area contributed by atoms with Gasteiger partial charge in [0.25, 0.3) is 5.69 Å². The molecule has 8 nitrogen and oxygen atoms in total. The van der Waals surface area contributed by atoms with Crippen LogP contribution in [0, 0.1) is 16.0 Å². The lowest BCUT2D eigenvalue weighted by Gasteiger charge is -2.32. The van der Waals surface area contributed by atoms with Crippen molar-refractivity contribution in [1.29, 1.82) is 0 Å². The Balaban J connectivity index is 2.01. The normalized spacial score (nSPS) is 18.7. The molecule has 0 aliphatic carbocycles. The second-order valence-electron chi connectivity index (χ2n) is 8.93. The van der Waals surface area contributed by atoms with Crippen LogP contribution < -0.4 is 0 Å². The maximum absolute atomic E-state index is 13.5. The first-order valence-electron chi connectivity index (χ1n) is 11.7. The summed E-state index contributed by atoms with van der Waals surface area (Å²) < 4.78 is 11.2. The van der Waals surface area contributed by atoms with Gasteiger partial charge in [-0.15, -0.1) is 0 Å². The van der Waals surface area contributed by atoms with Crippen molar-refractivity contribution in [2.45, 2.75) is 52.7 Å². The van der Waals surface area contributed by atoms with E-state index in [1.807, 2.05) is 36.4 Å². The predicted molar refractivity (Wildman–Crippen MR) is 137 cm³/mol. The average Bonchev–Trinajstić information content (AvgIpc) is 2.82. The highest BCUT2D eigenvalue weighted by Gasteiger charge is 2.43. The van der Waals surface area contributed by atoms with E-state index in [0.29, 0.717) is 17.0 Å². The zero-order valence-corrected chi connectivity index (χ0v) is 21.0. The van der Waals surface area contributed by atoms with E-state index in [-0.39, 0.29) is 17.4 Å². The van der Waals surface area contributed by atoms with Gasteiger partial charge in [-0.3, -0.25) is 19.9 Å². The number of aliphatic imine (C=N–C) groups is 1. The SMILES string of the molecule is CC1=NC(C)=C(C(=O)OC(C)C=Cc2ccccc2)C(c2cccc([N+](=O)[O-])c2)C1C(=O)OC(C)C. The number of nitro groups is 1. The molecule has 0 fully saturated rings. The summed E-state index contributed by atoms with van der Waals surface area (Å²) in [6.45, 7) is 8.54. The maximum atomic E-state index is 13.5. The second-order valence-corrected chi connectivity index (χ2v) is 8.93. The first kappa shape index (κ1) is 26.5. The van der Waals surface area contributed by atoms with Gasteiger partial charge in [0.2, 0.25) is 0 Å². The van der Waals surface area contributed by atoms with Crippen molar-refractivity contribution in [2.24, 2.45) is 10.9 Å². The number of nitro benzene ring substituents is 1. The van der Waals surface area contributed by atoms with E-state index in [0.717, 1.165) is 5.56 Å². The van der Waals surface area contributed by atoms with Crippen molar-refractivity contribution in [3.63, 3.8) is 0 Å². The van der Waals surface area contributed by atoms with Crippen molar-refractivity contribution >= 4 is 29.4 Å². The highest BCUT2D eigenvalue weighted by atomic mass is 16.6. The van der Waals surface area contributed by atoms with Gasteiger partial charge in [0.05, 0.1) is 16.6 Å². The zero-order chi connectivity index (χ0) is 26.4. The third-order valence-electron chi connectivity index (χ3n) is 5.75. The van der Waals surface area contributed by atoms with E-state index < -0.39 is 34.8 Å². The molecule has 2 aromatic carbocycles. The molecule has 3 rings (SSSR count). The molecule has 3 atom stereocenters. The standard InChI is InChI=1S/C28H30N2O6/c1-17(2)35-27(31)24-19(4)29-20(5)25(26(24)22-12-9-13-23(16-22)30(33)34)28(32)36-18(3)14-15-21-10-7-6-8-11-21/h6-18,24,26H,1-5H3. The van der Waals surface area contributed by atoms with Crippen molar-refractivity contribution in [3.8, 4) is 0 Å². The van der Waals surface area contributed by atoms with Crippen LogP contribution in [0.3, 0.4) is 0 Å². The molecule has 0 saturated heterocycles. The van der Waals surface area contributed by atoms with Gasteiger partial charge in [-0.25, -0.2) is 4.79 Å². The second kappa shape index (κ2) is 11.6. The summed E-state index contributed by atoms with van der Waals surface area (Å²) in [6, 6.07) is 15.5. The fourth-order valence-electron chi connectivity index (χ4n) is 4.19. The van der Waals surface area contributed by atoms with Gasteiger partial charge in [0.1, 0.15) is 12.0 Å². The van der Waals surface area contributed by atoms with Crippen LogP contribution in [0.25, 0.3) is 6.08 Å². The van der Waals surface area contributed by atoms with Crippen LogP contribution >= 0.6 is 0 Å². The van der Waals surface area contributed by atoms with Crippen LogP contribution in [-0.4, -0.2) is 34.8 Å². The van der Waals surface area contributed by atoms with Crippen LogP contribution in [0.1, 0.15) is 51.7 Å². The van der Waals surface area contributed by atoms with Crippen molar-refractivity contribution in [1.82, 2.24) is 0 Å². The van der Waals surface area contributed by atoms with Crippen LogP contribution in [0.15, 0.2) is 76.9 Å². The minimum absolute atomic E-state index is 0.145. The molecule has 1 aliphatic rings. The zero-order valence-electron chi connectivity index (χ0n) is 21.0. The summed E-state index contributed by atoms with van der Waals surface area (Å²) in [5.41, 5.74) is 2.27. The quantitative estimate of drug-likeness (QED) is 0.269. The van der Waals surface area contributed by atoms with E-state index in [1.54, 1.807) is 46.8 Å². The van der Waals surface area contributed by atoms with Crippen molar-refractivity contribution in [3.05, 3.63) is 93.2 Å². The Morgan fingerprint density at radius 3 is 2.36 bits per heavy atom. The number of hydrogen-bond donors (Lipinski definition) is 0. The van der Waals surface area contributed by atoms with Crippen LogP contribution in [0.2, 0.25) is 0 Å². The van der Waals surface area contributed by atoms with Gasteiger partial charge >= 0.3 is 11.9 Å². The molecule has 0 N–H and O–H groups in total. The Hall–Kier alpha value is -4.07.